The molecule has 0 radical (unpaired) electrons. The Morgan fingerprint density at radius 2 is 1.48 bits per heavy atom. The molecule has 0 bridgehead atoms. The number of hydrogen-bond donors (Lipinski definition) is 2. The lowest BCUT2D eigenvalue weighted by Crippen LogP contribution is -2.26. The smallest absolute Gasteiger partial charge is 0.196 e. The predicted octanol–water partition coefficient (Wildman–Crippen LogP) is 4.54. The highest BCUT2D eigenvalue weighted by Crippen LogP contribution is 2.23. The third kappa shape index (κ3) is 4.90. The highest BCUT2D eigenvalue weighted by molar-refractivity contribution is 9.10. The van der Waals surface area contributed by atoms with Gasteiger partial charge in [-0.25, -0.2) is 8.78 Å². The van der Waals surface area contributed by atoms with Crippen LogP contribution in [0.3, 0.4) is 0 Å². The van der Waals surface area contributed by atoms with Crippen LogP contribution in [0.5, 0.6) is 0 Å². The minimum atomic E-state index is -0.628. The third-order valence-electron chi connectivity index (χ3n) is 3.96. The van der Waals surface area contributed by atoms with Crippen LogP contribution in [-0.4, -0.2) is 16.6 Å². The average molecular weight is 474 g/mol. The average Bonchev–Trinajstić information content (AvgIpc) is 2.68. The molecule has 3 aromatic carbocycles. The van der Waals surface area contributed by atoms with Crippen molar-refractivity contribution in [1.82, 2.24) is 5.43 Å². The molecular weight excluding hydrogens is 460 g/mol. The Bertz CT molecular complexity index is 1130. The van der Waals surface area contributed by atoms with Crippen LogP contribution in [0.15, 0.2) is 76.3 Å². The van der Waals surface area contributed by atoms with Gasteiger partial charge in [0, 0.05) is 21.2 Å². The molecule has 0 unspecified atom stereocenters. The van der Waals surface area contributed by atoms with Crippen molar-refractivity contribution in [2.45, 2.75) is 0 Å². The van der Waals surface area contributed by atoms with Gasteiger partial charge in [-0.2, -0.15) is 5.10 Å². The molecule has 0 amide bonds. The summed E-state index contributed by atoms with van der Waals surface area (Å²) in [5.74, 6) is -1.66. The summed E-state index contributed by atoms with van der Waals surface area (Å²) in [7, 11) is 0. The molecule has 0 spiro atoms. The molecule has 0 aromatic heterocycles. The largest absolute Gasteiger partial charge is 0.375 e. The summed E-state index contributed by atoms with van der Waals surface area (Å²) in [6, 6.07) is 16.4. The van der Waals surface area contributed by atoms with Gasteiger partial charge in [-0.15, -0.1) is 0 Å². The number of hydrogen-bond acceptors (Lipinski definition) is 3. The maximum atomic E-state index is 14.4. The van der Waals surface area contributed by atoms with Crippen molar-refractivity contribution in [1.29, 1.82) is 0 Å². The normalized spacial score (nSPS) is 11.2. The fourth-order valence-electron chi connectivity index (χ4n) is 2.70. The Morgan fingerprint density at radius 3 is 2.07 bits per heavy atom. The van der Waals surface area contributed by atoms with Gasteiger partial charge in [0.15, 0.2) is 10.9 Å². The SMILES string of the molecule is NC(=S)N/N=C(\c1cc(Br)cc(C(=O)c2ccccc2F)c1)c1ccccc1F. The number of nitrogens with zero attached hydrogens (tertiary/aromatic N) is 1. The van der Waals surface area contributed by atoms with E-state index in [0.29, 0.717) is 10.0 Å². The molecule has 3 N–H and O–H groups in total. The highest BCUT2D eigenvalue weighted by atomic mass is 79.9. The van der Waals surface area contributed by atoms with Gasteiger partial charge in [0.1, 0.15) is 17.3 Å². The van der Waals surface area contributed by atoms with Crippen molar-refractivity contribution in [3.8, 4) is 0 Å². The third-order valence-corrected chi connectivity index (χ3v) is 4.51. The van der Waals surface area contributed by atoms with Crippen LogP contribution in [0.1, 0.15) is 27.0 Å². The van der Waals surface area contributed by atoms with Crippen LogP contribution in [0, 0.1) is 11.6 Å². The first-order chi connectivity index (χ1) is 13.9. The van der Waals surface area contributed by atoms with Gasteiger partial charge in [-0.05, 0) is 54.7 Å². The summed E-state index contributed by atoms with van der Waals surface area (Å²) in [5, 5.41) is 4.01. The minimum Gasteiger partial charge on any atom is -0.375 e. The molecule has 0 aliphatic heterocycles. The number of benzene rings is 3. The number of nitrogens with one attached hydrogen (secondary N) is 1. The fraction of sp³-hybridized carbons (Fsp3) is 0. The van der Waals surface area contributed by atoms with Crippen LogP contribution in [0.4, 0.5) is 8.78 Å². The number of carbonyl (C=O) groups is 1. The van der Waals surface area contributed by atoms with Gasteiger partial charge in [-0.3, -0.25) is 10.2 Å². The van der Waals surface area contributed by atoms with E-state index in [1.807, 2.05) is 0 Å². The van der Waals surface area contributed by atoms with E-state index in [0.717, 1.165) is 0 Å². The summed E-state index contributed by atoms with van der Waals surface area (Å²) < 4.78 is 29.0. The van der Waals surface area contributed by atoms with E-state index in [1.165, 1.54) is 36.4 Å². The second-order valence-electron chi connectivity index (χ2n) is 5.95. The van der Waals surface area contributed by atoms with E-state index in [2.05, 4.69) is 26.5 Å². The van der Waals surface area contributed by atoms with Crippen molar-refractivity contribution in [3.05, 3.63) is 105 Å². The zero-order valence-corrected chi connectivity index (χ0v) is 17.2. The van der Waals surface area contributed by atoms with Crippen molar-refractivity contribution in [2.24, 2.45) is 10.8 Å². The summed E-state index contributed by atoms with van der Waals surface area (Å²) in [4.78, 5) is 12.8. The van der Waals surface area contributed by atoms with Gasteiger partial charge in [0.2, 0.25) is 0 Å². The van der Waals surface area contributed by atoms with E-state index in [-0.39, 0.29) is 27.5 Å². The Labute approximate surface area is 179 Å². The van der Waals surface area contributed by atoms with E-state index in [1.54, 1.807) is 30.3 Å². The van der Waals surface area contributed by atoms with Crippen LogP contribution in [0.25, 0.3) is 0 Å². The van der Waals surface area contributed by atoms with Gasteiger partial charge < -0.3 is 5.73 Å². The molecule has 29 heavy (non-hydrogen) atoms. The number of hydrazone groups is 1. The quantitative estimate of drug-likeness (QED) is 0.247. The lowest BCUT2D eigenvalue weighted by atomic mass is 9.96. The Kier molecular flexibility index (Phi) is 6.46. The van der Waals surface area contributed by atoms with Crippen molar-refractivity contribution in [2.75, 3.05) is 0 Å². The van der Waals surface area contributed by atoms with Crippen LogP contribution < -0.4 is 11.2 Å². The highest BCUT2D eigenvalue weighted by Gasteiger charge is 2.18. The molecule has 3 rings (SSSR count). The summed E-state index contributed by atoms with van der Waals surface area (Å²) in [6.45, 7) is 0. The van der Waals surface area contributed by atoms with E-state index in [9.17, 15) is 13.6 Å². The molecule has 0 saturated carbocycles. The van der Waals surface area contributed by atoms with Crippen molar-refractivity contribution >= 4 is 44.8 Å². The van der Waals surface area contributed by atoms with Gasteiger partial charge >= 0.3 is 0 Å². The fourth-order valence-corrected chi connectivity index (χ4v) is 3.24. The molecule has 8 heteroatoms. The molecule has 4 nitrogen and oxygen atoms in total. The number of thiocarbonyl (C=S) groups is 1. The van der Waals surface area contributed by atoms with Crippen molar-refractivity contribution < 1.29 is 13.6 Å². The number of ketones is 1. The standard InChI is InChI=1S/C21H14BrF2N3OS/c22-14-10-12(9-13(11-14)20(28)16-6-2-4-8-18(16)24)19(26-27-21(25)29)15-5-1-3-7-17(15)23/h1-11H,(H3,25,27,29)/b26-19+. The molecule has 0 heterocycles. The van der Waals surface area contributed by atoms with Crippen LogP contribution in [0.2, 0.25) is 0 Å². The van der Waals surface area contributed by atoms with Gasteiger partial charge in [0.05, 0.1) is 5.56 Å². The summed E-state index contributed by atoms with van der Waals surface area (Å²) >= 11 is 8.13. The zero-order valence-electron chi connectivity index (χ0n) is 14.8. The van der Waals surface area contributed by atoms with Gasteiger partial charge in [0.25, 0.3) is 0 Å². The lowest BCUT2D eigenvalue weighted by Gasteiger charge is -2.11. The molecular formula is C21H14BrF2N3OS. The Hall–Kier alpha value is -2.97. The molecule has 0 saturated heterocycles. The first kappa shape index (κ1) is 20.8. The molecule has 0 aliphatic rings. The zero-order chi connectivity index (χ0) is 21.0. The van der Waals surface area contributed by atoms with E-state index < -0.39 is 17.4 Å². The number of carbonyl (C=O) groups excluding carboxylic acids is 1. The predicted molar refractivity (Wildman–Crippen MR) is 116 cm³/mol. The second kappa shape index (κ2) is 9.02. The maximum Gasteiger partial charge on any atom is 0.196 e. The first-order valence-electron chi connectivity index (χ1n) is 8.35. The Balaban J connectivity index is 2.14. The molecule has 0 fully saturated rings. The van der Waals surface area contributed by atoms with Crippen molar-refractivity contribution in [3.63, 3.8) is 0 Å². The molecule has 0 aliphatic carbocycles. The number of rotatable bonds is 5. The lowest BCUT2D eigenvalue weighted by molar-refractivity contribution is 0.103. The number of halogens is 3. The van der Waals surface area contributed by atoms with E-state index in [4.69, 9.17) is 18.0 Å². The number of nitrogens with two attached hydrogens (primary N) is 1. The summed E-state index contributed by atoms with van der Waals surface area (Å²) in [5.41, 5.74) is 8.81. The second-order valence-corrected chi connectivity index (χ2v) is 7.31. The van der Waals surface area contributed by atoms with Crippen LogP contribution in [-0.2, 0) is 0 Å². The Morgan fingerprint density at radius 1 is 0.931 bits per heavy atom. The first-order valence-corrected chi connectivity index (χ1v) is 9.55. The summed E-state index contributed by atoms with van der Waals surface area (Å²) in [6.07, 6.45) is 0. The monoisotopic (exact) mass is 473 g/mol. The molecule has 146 valence electrons. The topological polar surface area (TPSA) is 67.5 Å². The maximum absolute atomic E-state index is 14.4. The van der Waals surface area contributed by atoms with Gasteiger partial charge in [-0.1, -0.05) is 40.2 Å². The van der Waals surface area contributed by atoms with Crippen LogP contribution >= 0.6 is 28.1 Å². The molecule has 3 aromatic rings. The molecule has 0 atom stereocenters. The van der Waals surface area contributed by atoms with E-state index >= 15 is 0 Å². The minimum absolute atomic E-state index is 0.0674.